The first-order chi connectivity index (χ1) is 8.06. The topological polar surface area (TPSA) is 49.3 Å². The molecule has 2 rings (SSSR count). The molecular weight excluding hydrogens is 228 g/mol. The molecule has 1 aromatic carbocycles. The summed E-state index contributed by atoms with van der Waals surface area (Å²) in [5.41, 5.74) is 0.674. The summed E-state index contributed by atoms with van der Waals surface area (Å²) in [6.45, 7) is 0. The van der Waals surface area contributed by atoms with Crippen LogP contribution in [0.1, 0.15) is 18.4 Å². The Morgan fingerprint density at radius 1 is 1.35 bits per heavy atom. The van der Waals surface area contributed by atoms with Crippen LogP contribution in [0.15, 0.2) is 18.2 Å². The fourth-order valence-corrected chi connectivity index (χ4v) is 2.13. The monoisotopic (exact) mass is 241 g/mol. The number of carboxylic acid groups (broad SMARTS) is 1. The van der Waals surface area contributed by atoms with Crippen molar-refractivity contribution in [3.8, 4) is 0 Å². The maximum absolute atomic E-state index is 13.0. The SMILES string of the molecule is O=C(O)C1CCC(Cc2ccc(F)c(F)c2)N1. The molecule has 92 valence electrons. The highest BCUT2D eigenvalue weighted by atomic mass is 19.2. The highest BCUT2D eigenvalue weighted by Crippen LogP contribution is 2.18. The summed E-state index contributed by atoms with van der Waals surface area (Å²) < 4.78 is 25.7. The molecule has 2 N–H and O–H groups in total. The summed E-state index contributed by atoms with van der Waals surface area (Å²) in [5, 5.41) is 11.8. The van der Waals surface area contributed by atoms with Gasteiger partial charge in [0.1, 0.15) is 6.04 Å². The van der Waals surface area contributed by atoms with Gasteiger partial charge in [-0.1, -0.05) is 6.07 Å². The van der Waals surface area contributed by atoms with Gasteiger partial charge in [-0.3, -0.25) is 4.79 Å². The molecule has 2 atom stereocenters. The van der Waals surface area contributed by atoms with E-state index < -0.39 is 23.6 Å². The van der Waals surface area contributed by atoms with Crippen molar-refractivity contribution in [2.45, 2.75) is 31.3 Å². The van der Waals surface area contributed by atoms with Gasteiger partial charge in [-0.15, -0.1) is 0 Å². The normalized spacial score (nSPS) is 23.9. The summed E-state index contributed by atoms with van der Waals surface area (Å²) in [4.78, 5) is 10.7. The third-order valence-corrected chi connectivity index (χ3v) is 3.00. The second-order valence-corrected chi connectivity index (χ2v) is 4.28. The standard InChI is InChI=1S/C12H13F2NO2/c13-9-3-1-7(6-10(9)14)5-8-2-4-11(15-8)12(16)17/h1,3,6,8,11,15H,2,4-5H2,(H,16,17). The number of aliphatic carboxylic acids is 1. The van der Waals surface area contributed by atoms with E-state index in [0.717, 1.165) is 18.6 Å². The van der Waals surface area contributed by atoms with Crippen LogP contribution in [-0.4, -0.2) is 23.2 Å². The van der Waals surface area contributed by atoms with E-state index in [9.17, 15) is 13.6 Å². The Morgan fingerprint density at radius 2 is 2.12 bits per heavy atom. The average molecular weight is 241 g/mol. The molecule has 1 aliphatic rings. The van der Waals surface area contributed by atoms with Crippen LogP contribution in [0.2, 0.25) is 0 Å². The minimum Gasteiger partial charge on any atom is -0.480 e. The molecule has 17 heavy (non-hydrogen) atoms. The lowest BCUT2D eigenvalue weighted by Crippen LogP contribution is -2.36. The van der Waals surface area contributed by atoms with Crippen LogP contribution < -0.4 is 5.32 Å². The molecule has 0 amide bonds. The Balaban J connectivity index is 1.98. The molecule has 1 heterocycles. The maximum Gasteiger partial charge on any atom is 0.320 e. The minimum atomic E-state index is -0.865. The molecule has 0 spiro atoms. The number of benzene rings is 1. The summed E-state index contributed by atoms with van der Waals surface area (Å²) in [6, 6.07) is 3.26. The third kappa shape index (κ3) is 2.79. The first-order valence-electron chi connectivity index (χ1n) is 5.49. The molecule has 3 nitrogen and oxygen atoms in total. The Labute approximate surface area is 97.5 Å². The fourth-order valence-electron chi connectivity index (χ4n) is 2.13. The highest BCUT2D eigenvalue weighted by molar-refractivity contribution is 5.73. The van der Waals surface area contributed by atoms with Crippen molar-refractivity contribution in [3.63, 3.8) is 0 Å². The lowest BCUT2D eigenvalue weighted by Gasteiger charge is -2.11. The number of halogens is 2. The third-order valence-electron chi connectivity index (χ3n) is 3.00. The number of hydrogen-bond acceptors (Lipinski definition) is 2. The smallest absolute Gasteiger partial charge is 0.320 e. The van der Waals surface area contributed by atoms with Gasteiger partial charge in [-0.2, -0.15) is 0 Å². The highest BCUT2D eigenvalue weighted by Gasteiger charge is 2.28. The lowest BCUT2D eigenvalue weighted by molar-refractivity contribution is -0.139. The van der Waals surface area contributed by atoms with E-state index in [1.54, 1.807) is 0 Å². The molecule has 1 saturated heterocycles. The maximum atomic E-state index is 13.0. The van der Waals surface area contributed by atoms with Crippen molar-refractivity contribution in [3.05, 3.63) is 35.4 Å². The minimum absolute atomic E-state index is 0.0148. The summed E-state index contributed by atoms with van der Waals surface area (Å²) >= 11 is 0. The predicted octanol–water partition coefficient (Wildman–Crippen LogP) is 1.71. The summed E-state index contributed by atoms with van der Waals surface area (Å²) in [5.74, 6) is -2.59. The van der Waals surface area contributed by atoms with E-state index in [0.29, 0.717) is 18.4 Å². The molecule has 0 bridgehead atoms. The predicted molar refractivity (Wildman–Crippen MR) is 57.6 cm³/mol. The molecule has 0 saturated carbocycles. The van der Waals surface area contributed by atoms with Gasteiger partial charge in [-0.25, -0.2) is 8.78 Å². The lowest BCUT2D eigenvalue weighted by atomic mass is 10.0. The van der Waals surface area contributed by atoms with Gasteiger partial charge < -0.3 is 10.4 Å². The number of nitrogens with one attached hydrogen (secondary N) is 1. The van der Waals surface area contributed by atoms with Gasteiger partial charge in [-0.05, 0) is 37.0 Å². The molecular formula is C12H13F2NO2. The van der Waals surface area contributed by atoms with Crippen LogP contribution in [0.5, 0.6) is 0 Å². The molecule has 0 radical (unpaired) electrons. The summed E-state index contributed by atoms with van der Waals surface area (Å²) in [7, 11) is 0. The van der Waals surface area contributed by atoms with E-state index >= 15 is 0 Å². The van der Waals surface area contributed by atoms with E-state index in [1.807, 2.05) is 0 Å². The zero-order chi connectivity index (χ0) is 12.4. The van der Waals surface area contributed by atoms with E-state index in [1.165, 1.54) is 6.07 Å². The molecule has 0 aromatic heterocycles. The van der Waals surface area contributed by atoms with Crippen LogP contribution >= 0.6 is 0 Å². The molecule has 1 fully saturated rings. The van der Waals surface area contributed by atoms with Crippen LogP contribution in [0.25, 0.3) is 0 Å². The Morgan fingerprint density at radius 3 is 2.71 bits per heavy atom. The van der Waals surface area contributed by atoms with Crippen LogP contribution in [0, 0.1) is 11.6 Å². The van der Waals surface area contributed by atoms with Crippen LogP contribution in [0.3, 0.4) is 0 Å². The average Bonchev–Trinajstić information content (AvgIpc) is 2.72. The summed E-state index contributed by atoms with van der Waals surface area (Å²) in [6.07, 6.45) is 1.82. The van der Waals surface area contributed by atoms with Crippen molar-refractivity contribution in [1.29, 1.82) is 0 Å². The molecule has 0 aliphatic carbocycles. The Hall–Kier alpha value is -1.49. The fraction of sp³-hybridized carbons (Fsp3) is 0.417. The van der Waals surface area contributed by atoms with Gasteiger partial charge in [0.2, 0.25) is 0 Å². The second kappa shape index (κ2) is 4.79. The number of carboxylic acids is 1. The Kier molecular flexibility index (Phi) is 3.38. The number of carbonyl (C=O) groups is 1. The van der Waals surface area contributed by atoms with Crippen LogP contribution in [0.4, 0.5) is 8.78 Å². The van der Waals surface area contributed by atoms with Gasteiger partial charge in [0.05, 0.1) is 0 Å². The van der Waals surface area contributed by atoms with E-state index in [4.69, 9.17) is 5.11 Å². The van der Waals surface area contributed by atoms with E-state index in [2.05, 4.69) is 5.32 Å². The van der Waals surface area contributed by atoms with Gasteiger partial charge in [0, 0.05) is 6.04 Å². The van der Waals surface area contributed by atoms with Crippen molar-refractivity contribution in [1.82, 2.24) is 5.32 Å². The van der Waals surface area contributed by atoms with Gasteiger partial charge >= 0.3 is 5.97 Å². The number of hydrogen-bond donors (Lipinski definition) is 2. The molecule has 2 unspecified atom stereocenters. The van der Waals surface area contributed by atoms with E-state index in [-0.39, 0.29) is 6.04 Å². The van der Waals surface area contributed by atoms with Crippen molar-refractivity contribution in [2.75, 3.05) is 0 Å². The second-order valence-electron chi connectivity index (χ2n) is 4.28. The van der Waals surface area contributed by atoms with Gasteiger partial charge in [0.25, 0.3) is 0 Å². The zero-order valence-corrected chi connectivity index (χ0v) is 9.12. The first-order valence-corrected chi connectivity index (χ1v) is 5.49. The van der Waals surface area contributed by atoms with Gasteiger partial charge in [0.15, 0.2) is 11.6 Å². The molecule has 1 aliphatic heterocycles. The van der Waals surface area contributed by atoms with Crippen molar-refractivity contribution >= 4 is 5.97 Å². The van der Waals surface area contributed by atoms with Crippen molar-refractivity contribution < 1.29 is 18.7 Å². The quantitative estimate of drug-likeness (QED) is 0.847. The number of rotatable bonds is 3. The largest absolute Gasteiger partial charge is 0.480 e. The van der Waals surface area contributed by atoms with Crippen molar-refractivity contribution in [2.24, 2.45) is 0 Å². The molecule has 1 aromatic rings. The zero-order valence-electron chi connectivity index (χ0n) is 9.12. The van der Waals surface area contributed by atoms with Crippen LogP contribution in [-0.2, 0) is 11.2 Å². The Bertz CT molecular complexity index is 437. The molecule has 5 heteroatoms. The first kappa shape index (κ1) is 12.0.